The van der Waals surface area contributed by atoms with Crippen LogP contribution in [-0.2, 0) is 11.2 Å². The molecule has 136 valence electrons. The molecule has 1 unspecified atom stereocenters. The fourth-order valence-corrected chi connectivity index (χ4v) is 3.27. The Morgan fingerprint density at radius 2 is 2.04 bits per heavy atom. The predicted molar refractivity (Wildman–Crippen MR) is 97.1 cm³/mol. The third-order valence-electron chi connectivity index (χ3n) is 4.83. The lowest BCUT2D eigenvalue weighted by Gasteiger charge is -2.33. The number of nitrogens with zero attached hydrogens (tertiary/aromatic N) is 3. The van der Waals surface area contributed by atoms with E-state index in [4.69, 9.17) is 4.74 Å². The minimum Gasteiger partial charge on any atom is -0.480 e. The second-order valence-electron chi connectivity index (χ2n) is 6.75. The molecule has 1 atom stereocenters. The van der Waals surface area contributed by atoms with E-state index in [1.165, 1.54) is 12.1 Å². The standard InChI is InChI=1S/C19H21FN4O2/c1-23-6-8-24(9-7-23)18-5-3-15(12-21-18)22-19(25)17-11-13-10-14(20)2-4-16(13)26-17/h2-5,10,12,17H,6-9,11H2,1H3,(H,22,25). The average molecular weight is 356 g/mol. The number of pyridine rings is 1. The molecule has 1 amide bonds. The zero-order valence-corrected chi connectivity index (χ0v) is 14.6. The summed E-state index contributed by atoms with van der Waals surface area (Å²) in [6.45, 7) is 3.92. The quantitative estimate of drug-likeness (QED) is 0.911. The number of nitrogens with one attached hydrogen (secondary N) is 1. The van der Waals surface area contributed by atoms with Gasteiger partial charge in [0.15, 0.2) is 6.10 Å². The Balaban J connectivity index is 1.36. The number of rotatable bonds is 3. The van der Waals surface area contributed by atoms with Gasteiger partial charge in [0.25, 0.3) is 5.91 Å². The molecule has 0 saturated carbocycles. The maximum Gasteiger partial charge on any atom is 0.265 e. The van der Waals surface area contributed by atoms with Crippen molar-refractivity contribution < 1.29 is 13.9 Å². The number of likely N-dealkylation sites (N-methyl/N-ethyl adjacent to an activating group) is 1. The number of ether oxygens (including phenoxy) is 1. The number of fused-ring (bicyclic) bond motifs is 1. The van der Waals surface area contributed by atoms with Gasteiger partial charge in [-0.05, 0) is 37.4 Å². The van der Waals surface area contributed by atoms with Crippen LogP contribution in [0.15, 0.2) is 36.5 Å². The minimum absolute atomic E-state index is 0.254. The van der Waals surface area contributed by atoms with Crippen molar-refractivity contribution in [3.63, 3.8) is 0 Å². The van der Waals surface area contributed by atoms with E-state index in [0.717, 1.165) is 32.0 Å². The molecule has 0 bridgehead atoms. The minimum atomic E-state index is -0.649. The summed E-state index contributed by atoms with van der Waals surface area (Å²) in [6, 6.07) is 8.07. The lowest BCUT2D eigenvalue weighted by atomic mass is 10.1. The highest BCUT2D eigenvalue weighted by molar-refractivity contribution is 5.95. The zero-order valence-electron chi connectivity index (χ0n) is 14.6. The number of amides is 1. The first kappa shape index (κ1) is 16.8. The molecule has 1 saturated heterocycles. The summed E-state index contributed by atoms with van der Waals surface area (Å²) in [7, 11) is 2.11. The van der Waals surface area contributed by atoms with Gasteiger partial charge < -0.3 is 19.9 Å². The summed E-state index contributed by atoms with van der Waals surface area (Å²) in [5.74, 6) is 0.902. The number of hydrogen-bond donors (Lipinski definition) is 1. The topological polar surface area (TPSA) is 57.7 Å². The van der Waals surface area contributed by atoms with Crippen LogP contribution in [0.3, 0.4) is 0 Å². The van der Waals surface area contributed by atoms with Crippen LogP contribution in [-0.4, -0.2) is 55.1 Å². The van der Waals surface area contributed by atoms with E-state index in [-0.39, 0.29) is 11.7 Å². The van der Waals surface area contributed by atoms with Gasteiger partial charge in [-0.2, -0.15) is 0 Å². The van der Waals surface area contributed by atoms with Crippen LogP contribution in [0.2, 0.25) is 0 Å². The molecule has 6 nitrogen and oxygen atoms in total. The van der Waals surface area contributed by atoms with Gasteiger partial charge >= 0.3 is 0 Å². The van der Waals surface area contributed by atoms with Gasteiger partial charge in [0, 0.05) is 38.2 Å². The number of halogens is 1. The molecule has 2 aromatic rings. The van der Waals surface area contributed by atoms with Crippen LogP contribution in [0.4, 0.5) is 15.9 Å². The van der Waals surface area contributed by atoms with Crippen molar-refractivity contribution in [3.05, 3.63) is 47.9 Å². The lowest BCUT2D eigenvalue weighted by Crippen LogP contribution is -2.44. The SMILES string of the molecule is CN1CCN(c2ccc(NC(=O)C3Cc4cc(F)ccc4O3)cn2)CC1. The van der Waals surface area contributed by atoms with E-state index in [1.807, 2.05) is 12.1 Å². The van der Waals surface area contributed by atoms with Crippen LogP contribution in [0.25, 0.3) is 0 Å². The van der Waals surface area contributed by atoms with Crippen molar-refractivity contribution in [1.29, 1.82) is 0 Å². The van der Waals surface area contributed by atoms with Crippen molar-refractivity contribution in [2.75, 3.05) is 43.4 Å². The number of benzene rings is 1. The second-order valence-corrected chi connectivity index (χ2v) is 6.75. The lowest BCUT2D eigenvalue weighted by molar-refractivity contribution is -0.122. The van der Waals surface area contributed by atoms with Gasteiger partial charge in [-0.3, -0.25) is 4.79 Å². The first-order valence-electron chi connectivity index (χ1n) is 8.74. The summed E-state index contributed by atoms with van der Waals surface area (Å²) < 4.78 is 18.9. The molecule has 1 aromatic heterocycles. The van der Waals surface area contributed by atoms with Crippen LogP contribution in [0.5, 0.6) is 5.75 Å². The number of aromatic nitrogens is 1. The molecular weight excluding hydrogens is 335 g/mol. The average Bonchev–Trinajstić information content (AvgIpc) is 3.06. The molecule has 26 heavy (non-hydrogen) atoms. The first-order chi connectivity index (χ1) is 12.6. The second kappa shape index (κ2) is 6.92. The van der Waals surface area contributed by atoms with Gasteiger partial charge in [0.1, 0.15) is 17.4 Å². The Kier molecular flexibility index (Phi) is 4.46. The van der Waals surface area contributed by atoms with E-state index in [9.17, 15) is 9.18 Å². The van der Waals surface area contributed by atoms with Gasteiger partial charge in [-0.15, -0.1) is 0 Å². The molecule has 4 rings (SSSR count). The number of piperazine rings is 1. The largest absolute Gasteiger partial charge is 0.480 e. The Morgan fingerprint density at radius 1 is 1.23 bits per heavy atom. The van der Waals surface area contributed by atoms with Gasteiger partial charge in [-0.1, -0.05) is 0 Å². The van der Waals surface area contributed by atoms with Gasteiger partial charge in [-0.25, -0.2) is 9.37 Å². The van der Waals surface area contributed by atoms with Crippen molar-refractivity contribution in [3.8, 4) is 5.75 Å². The maximum absolute atomic E-state index is 13.3. The maximum atomic E-state index is 13.3. The highest BCUT2D eigenvalue weighted by Gasteiger charge is 2.29. The third kappa shape index (κ3) is 3.48. The van der Waals surface area contributed by atoms with Gasteiger partial charge in [0.2, 0.25) is 0 Å². The van der Waals surface area contributed by atoms with Crippen LogP contribution in [0, 0.1) is 5.82 Å². The molecule has 1 N–H and O–H groups in total. The Labute approximate surface area is 151 Å². The smallest absolute Gasteiger partial charge is 0.265 e. The molecule has 2 aliphatic heterocycles. The number of anilines is 2. The number of hydrogen-bond acceptors (Lipinski definition) is 5. The summed E-state index contributed by atoms with van der Waals surface area (Å²) in [6.07, 6.45) is 1.38. The predicted octanol–water partition coefficient (Wildman–Crippen LogP) is 1.91. The Morgan fingerprint density at radius 3 is 2.77 bits per heavy atom. The Bertz CT molecular complexity index is 804. The van der Waals surface area contributed by atoms with Crippen LogP contribution >= 0.6 is 0 Å². The first-order valence-corrected chi connectivity index (χ1v) is 8.74. The highest BCUT2D eigenvalue weighted by atomic mass is 19.1. The zero-order chi connectivity index (χ0) is 18.1. The molecular formula is C19H21FN4O2. The molecule has 0 spiro atoms. The molecule has 3 heterocycles. The van der Waals surface area contributed by atoms with Crippen molar-refractivity contribution in [2.45, 2.75) is 12.5 Å². The summed E-state index contributed by atoms with van der Waals surface area (Å²) in [5, 5.41) is 2.82. The molecule has 7 heteroatoms. The van der Waals surface area contributed by atoms with Crippen LogP contribution < -0.4 is 15.0 Å². The molecule has 1 aromatic carbocycles. The Hall–Kier alpha value is -2.67. The number of carbonyl (C=O) groups is 1. The van der Waals surface area contributed by atoms with Crippen LogP contribution in [0.1, 0.15) is 5.56 Å². The highest BCUT2D eigenvalue weighted by Crippen LogP contribution is 2.29. The van der Waals surface area contributed by atoms with Crippen molar-refractivity contribution in [2.24, 2.45) is 0 Å². The fourth-order valence-electron chi connectivity index (χ4n) is 3.27. The van der Waals surface area contributed by atoms with E-state index in [1.54, 1.807) is 12.3 Å². The monoisotopic (exact) mass is 356 g/mol. The van der Waals surface area contributed by atoms with Crippen molar-refractivity contribution in [1.82, 2.24) is 9.88 Å². The normalized spacial score (nSPS) is 19.8. The van der Waals surface area contributed by atoms with Gasteiger partial charge in [0.05, 0.1) is 11.9 Å². The summed E-state index contributed by atoms with van der Waals surface area (Å²) in [4.78, 5) is 21.4. The van der Waals surface area contributed by atoms with Crippen molar-refractivity contribution >= 4 is 17.4 Å². The van der Waals surface area contributed by atoms with E-state index < -0.39 is 6.10 Å². The summed E-state index contributed by atoms with van der Waals surface area (Å²) in [5.41, 5.74) is 1.34. The summed E-state index contributed by atoms with van der Waals surface area (Å²) >= 11 is 0. The van der Waals surface area contributed by atoms with E-state index in [0.29, 0.717) is 23.4 Å². The van der Waals surface area contributed by atoms with E-state index >= 15 is 0 Å². The molecule has 0 aliphatic carbocycles. The third-order valence-corrected chi connectivity index (χ3v) is 4.83. The van der Waals surface area contributed by atoms with E-state index in [2.05, 4.69) is 27.1 Å². The molecule has 2 aliphatic rings. The molecule has 1 fully saturated rings. The number of carbonyl (C=O) groups excluding carboxylic acids is 1. The molecule has 0 radical (unpaired) electrons. The fraction of sp³-hybridized carbons (Fsp3) is 0.368.